The van der Waals surface area contributed by atoms with Crippen LogP contribution in [0.5, 0.6) is 0 Å². The van der Waals surface area contributed by atoms with Crippen LogP contribution >= 0.6 is 0 Å². The molecule has 0 aliphatic heterocycles. The summed E-state index contributed by atoms with van der Waals surface area (Å²) in [4.78, 5) is 22.5. The highest BCUT2D eigenvalue weighted by Gasteiger charge is 2.10. The summed E-state index contributed by atoms with van der Waals surface area (Å²) in [6.07, 6.45) is 0. The van der Waals surface area contributed by atoms with Crippen molar-refractivity contribution in [3.63, 3.8) is 0 Å². The van der Waals surface area contributed by atoms with E-state index in [-0.39, 0.29) is 11.1 Å². The minimum atomic E-state index is -0.991. The quantitative estimate of drug-likeness (QED) is 0.443. The minimum absolute atomic E-state index is 0.217. The van der Waals surface area contributed by atoms with Crippen molar-refractivity contribution in [2.24, 2.45) is 10.2 Å². The molecule has 0 spiro atoms. The van der Waals surface area contributed by atoms with Gasteiger partial charge in [-0.05, 0) is 52.6 Å². The molecule has 0 radical (unpaired) electrons. The third-order valence-electron chi connectivity index (χ3n) is 4.48. The van der Waals surface area contributed by atoms with Crippen LogP contribution in [0, 0.1) is 0 Å². The Morgan fingerprint density at radius 3 is 2.14 bits per heavy atom. The van der Waals surface area contributed by atoms with Gasteiger partial charge in [0, 0.05) is 5.39 Å². The molecule has 0 amide bonds. The van der Waals surface area contributed by atoms with Gasteiger partial charge in [-0.25, -0.2) is 9.59 Å². The normalized spacial score (nSPS) is 11.3. The van der Waals surface area contributed by atoms with Crippen LogP contribution in [0.15, 0.2) is 83.0 Å². The van der Waals surface area contributed by atoms with Gasteiger partial charge in [-0.15, -0.1) is 5.11 Å². The fraction of sp³-hybridized carbons (Fsp3) is 0. The topological polar surface area (TPSA) is 99.3 Å². The van der Waals surface area contributed by atoms with E-state index >= 15 is 0 Å². The molecule has 0 fully saturated rings. The van der Waals surface area contributed by atoms with Crippen LogP contribution in [-0.4, -0.2) is 22.2 Å². The molecule has 0 aliphatic rings. The lowest BCUT2D eigenvalue weighted by molar-refractivity contribution is 0.0687. The Kier molecular flexibility index (Phi) is 4.29. The van der Waals surface area contributed by atoms with E-state index in [0.717, 1.165) is 10.8 Å². The maximum absolute atomic E-state index is 11.4. The van der Waals surface area contributed by atoms with E-state index < -0.39 is 11.9 Å². The van der Waals surface area contributed by atoms with Crippen LogP contribution in [0.25, 0.3) is 21.5 Å². The summed E-state index contributed by atoms with van der Waals surface area (Å²) in [5, 5.41) is 30.0. The number of aromatic carboxylic acids is 2. The number of fused-ring (bicyclic) bond motifs is 2. The molecule has 0 unspecified atom stereocenters. The standard InChI is InChI=1S/C22H14N2O4/c25-21(26)15-6-5-14-12-16(8-7-13(14)11-15)23-24-20-10-9-19(22(27)28)17-3-1-2-4-18(17)20/h1-12H,(H,25,26)(H,27,28)/b24-23+. The van der Waals surface area contributed by atoms with E-state index in [9.17, 15) is 14.7 Å². The first-order valence-electron chi connectivity index (χ1n) is 8.47. The summed E-state index contributed by atoms with van der Waals surface area (Å²) >= 11 is 0. The number of nitrogens with zero attached hydrogens (tertiary/aromatic N) is 2. The lowest BCUT2D eigenvalue weighted by atomic mass is 10.0. The Hall–Kier alpha value is -4.06. The van der Waals surface area contributed by atoms with E-state index in [1.165, 1.54) is 6.07 Å². The van der Waals surface area contributed by atoms with Crippen molar-refractivity contribution in [3.05, 3.63) is 83.9 Å². The number of carbonyl (C=O) groups is 2. The number of carboxylic acid groups (broad SMARTS) is 2. The smallest absolute Gasteiger partial charge is 0.336 e. The van der Waals surface area contributed by atoms with E-state index in [1.807, 2.05) is 18.2 Å². The third kappa shape index (κ3) is 3.19. The van der Waals surface area contributed by atoms with Crippen molar-refractivity contribution in [2.45, 2.75) is 0 Å². The lowest BCUT2D eigenvalue weighted by Gasteiger charge is -2.05. The molecule has 6 heteroatoms. The molecule has 2 N–H and O–H groups in total. The first-order valence-corrected chi connectivity index (χ1v) is 8.47. The zero-order valence-electron chi connectivity index (χ0n) is 14.5. The molecule has 136 valence electrons. The largest absolute Gasteiger partial charge is 0.478 e. The monoisotopic (exact) mass is 370 g/mol. The van der Waals surface area contributed by atoms with E-state index in [0.29, 0.717) is 22.1 Å². The summed E-state index contributed by atoms with van der Waals surface area (Å²) in [5.74, 6) is -1.96. The average molecular weight is 370 g/mol. The van der Waals surface area contributed by atoms with Gasteiger partial charge in [-0.1, -0.05) is 36.4 Å². The Bertz CT molecular complexity index is 1280. The van der Waals surface area contributed by atoms with Crippen LogP contribution in [0.3, 0.4) is 0 Å². The molecule has 0 saturated carbocycles. The maximum Gasteiger partial charge on any atom is 0.336 e. The molecular weight excluding hydrogens is 356 g/mol. The zero-order chi connectivity index (χ0) is 19.7. The van der Waals surface area contributed by atoms with Gasteiger partial charge in [0.15, 0.2) is 0 Å². The van der Waals surface area contributed by atoms with Crippen molar-refractivity contribution in [1.29, 1.82) is 0 Å². The number of azo groups is 1. The van der Waals surface area contributed by atoms with Crippen LogP contribution in [0.4, 0.5) is 11.4 Å². The van der Waals surface area contributed by atoms with Crippen molar-refractivity contribution in [3.8, 4) is 0 Å². The Balaban J connectivity index is 1.73. The summed E-state index contributed by atoms with van der Waals surface area (Å²) in [5.41, 5.74) is 1.63. The van der Waals surface area contributed by atoms with E-state index in [1.54, 1.807) is 48.5 Å². The Morgan fingerprint density at radius 2 is 1.39 bits per heavy atom. The molecule has 4 aromatic carbocycles. The predicted molar refractivity (Wildman–Crippen MR) is 106 cm³/mol. The van der Waals surface area contributed by atoms with Gasteiger partial charge in [-0.3, -0.25) is 0 Å². The first kappa shape index (κ1) is 17.4. The van der Waals surface area contributed by atoms with Gasteiger partial charge in [0.25, 0.3) is 0 Å². The van der Waals surface area contributed by atoms with Gasteiger partial charge in [0.05, 0.1) is 22.5 Å². The second-order valence-corrected chi connectivity index (χ2v) is 6.23. The van der Waals surface area contributed by atoms with Crippen molar-refractivity contribution >= 4 is 44.9 Å². The molecule has 4 aromatic rings. The number of benzene rings is 4. The van der Waals surface area contributed by atoms with Crippen LogP contribution in [0.1, 0.15) is 20.7 Å². The summed E-state index contributed by atoms with van der Waals surface area (Å²) in [6, 6.07) is 20.6. The van der Waals surface area contributed by atoms with Crippen molar-refractivity contribution < 1.29 is 19.8 Å². The second kappa shape index (κ2) is 6.92. The van der Waals surface area contributed by atoms with Gasteiger partial charge in [-0.2, -0.15) is 5.11 Å². The fourth-order valence-corrected chi connectivity index (χ4v) is 3.10. The highest BCUT2D eigenvalue weighted by Crippen LogP contribution is 2.31. The predicted octanol–water partition coefficient (Wildman–Crippen LogP) is 5.80. The zero-order valence-corrected chi connectivity index (χ0v) is 14.5. The van der Waals surface area contributed by atoms with E-state index in [4.69, 9.17) is 5.11 Å². The summed E-state index contributed by atoms with van der Waals surface area (Å²) in [7, 11) is 0. The molecule has 4 rings (SSSR count). The van der Waals surface area contributed by atoms with Gasteiger partial charge in [0.1, 0.15) is 0 Å². The molecule has 0 heterocycles. The van der Waals surface area contributed by atoms with Crippen molar-refractivity contribution in [2.75, 3.05) is 0 Å². The van der Waals surface area contributed by atoms with Crippen molar-refractivity contribution in [1.82, 2.24) is 0 Å². The molecule has 0 bridgehead atoms. The summed E-state index contributed by atoms with van der Waals surface area (Å²) in [6.45, 7) is 0. The highest BCUT2D eigenvalue weighted by molar-refractivity contribution is 6.07. The number of carboxylic acids is 2. The van der Waals surface area contributed by atoms with Gasteiger partial charge in [0.2, 0.25) is 0 Å². The van der Waals surface area contributed by atoms with Crippen LogP contribution < -0.4 is 0 Å². The maximum atomic E-state index is 11.4. The van der Waals surface area contributed by atoms with E-state index in [2.05, 4.69) is 10.2 Å². The Labute approximate surface area is 159 Å². The summed E-state index contributed by atoms with van der Waals surface area (Å²) < 4.78 is 0. The fourth-order valence-electron chi connectivity index (χ4n) is 3.10. The minimum Gasteiger partial charge on any atom is -0.478 e. The molecule has 0 saturated heterocycles. The SMILES string of the molecule is O=C(O)c1ccc2cc(/N=N/c3ccc(C(=O)O)c4ccccc34)ccc2c1. The number of hydrogen-bond donors (Lipinski definition) is 2. The molecule has 0 aliphatic carbocycles. The van der Waals surface area contributed by atoms with Gasteiger partial charge < -0.3 is 10.2 Å². The molecule has 0 aromatic heterocycles. The molecular formula is C22H14N2O4. The number of hydrogen-bond acceptors (Lipinski definition) is 4. The molecule has 0 atom stereocenters. The van der Waals surface area contributed by atoms with Gasteiger partial charge >= 0.3 is 11.9 Å². The first-order chi connectivity index (χ1) is 13.5. The van der Waals surface area contributed by atoms with Crippen LogP contribution in [-0.2, 0) is 0 Å². The molecule has 28 heavy (non-hydrogen) atoms. The second-order valence-electron chi connectivity index (χ2n) is 6.23. The Morgan fingerprint density at radius 1 is 0.679 bits per heavy atom. The number of rotatable bonds is 4. The van der Waals surface area contributed by atoms with Crippen LogP contribution in [0.2, 0.25) is 0 Å². The highest BCUT2D eigenvalue weighted by atomic mass is 16.4. The third-order valence-corrected chi connectivity index (χ3v) is 4.48. The lowest BCUT2D eigenvalue weighted by Crippen LogP contribution is -1.96. The average Bonchev–Trinajstić information content (AvgIpc) is 2.71. The molecule has 6 nitrogen and oxygen atoms in total.